The van der Waals surface area contributed by atoms with E-state index in [2.05, 4.69) is 5.32 Å². The Labute approximate surface area is 161 Å². The van der Waals surface area contributed by atoms with Gasteiger partial charge in [0.2, 0.25) is 0 Å². The zero-order valence-corrected chi connectivity index (χ0v) is 14.8. The van der Waals surface area contributed by atoms with Crippen molar-refractivity contribution in [2.24, 2.45) is 0 Å². The molecule has 0 unspecified atom stereocenters. The van der Waals surface area contributed by atoms with Crippen LogP contribution in [0.3, 0.4) is 0 Å². The molecule has 3 aromatic carbocycles. The van der Waals surface area contributed by atoms with Crippen molar-refractivity contribution in [3.8, 4) is 0 Å². The molecule has 6 heteroatoms. The third-order valence-corrected chi connectivity index (χ3v) is 4.81. The van der Waals surface area contributed by atoms with Gasteiger partial charge in [-0.1, -0.05) is 42.5 Å². The summed E-state index contributed by atoms with van der Waals surface area (Å²) in [4.78, 5) is 36.3. The smallest absolute Gasteiger partial charge is 0.270 e. The van der Waals surface area contributed by atoms with E-state index < -0.39 is 4.92 Å². The minimum absolute atomic E-state index is 0.0770. The Kier molecular flexibility index (Phi) is 4.45. The standard InChI is InChI=1S/C22H16N2O4/c25-21-17-7-4-8-19(23-12-11-14-5-2-1-3-6-14)20(17)22(26)16-10-9-15(24(27)28)13-18(16)21/h1-10,13,23H,11-12H2. The zero-order chi connectivity index (χ0) is 19.7. The van der Waals surface area contributed by atoms with Gasteiger partial charge in [0.05, 0.1) is 10.5 Å². The number of nitrogens with one attached hydrogen (secondary N) is 1. The van der Waals surface area contributed by atoms with Crippen LogP contribution in [0.2, 0.25) is 0 Å². The number of hydrogen-bond acceptors (Lipinski definition) is 5. The minimum atomic E-state index is -0.574. The van der Waals surface area contributed by atoms with Gasteiger partial charge >= 0.3 is 0 Å². The topological polar surface area (TPSA) is 89.3 Å². The fourth-order valence-electron chi connectivity index (χ4n) is 3.43. The number of anilines is 1. The number of nitrogens with zero attached hydrogens (tertiary/aromatic N) is 1. The van der Waals surface area contributed by atoms with E-state index in [1.165, 1.54) is 23.8 Å². The van der Waals surface area contributed by atoms with Crippen LogP contribution in [0, 0.1) is 10.1 Å². The highest BCUT2D eigenvalue weighted by molar-refractivity contribution is 6.30. The molecule has 0 aromatic heterocycles. The highest BCUT2D eigenvalue weighted by Crippen LogP contribution is 2.33. The van der Waals surface area contributed by atoms with Gasteiger partial charge in [-0.2, -0.15) is 0 Å². The van der Waals surface area contributed by atoms with Gasteiger partial charge in [-0.25, -0.2) is 0 Å². The van der Waals surface area contributed by atoms with E-state index in [0.29, 0.717) is 17.8 Å². The summed E-state index contributed by atoms with van der Waals surface area (Å²) in [5.41, 5.74) is 2.41. The summed E-state index contributed by atoms with van der Waals surface area (Å²) in [5, 5.41) is 14.3. The van der Waals surface area contributed by atoms with Crippen molar-refractivity contribution in [3.63, 3.8) is 0 Å². The van der Waals surface area contributed by atoms with Crippen LogP contribution in [-0.2, 0) is 6.42 Å². The summed E-state index contributed by atoms with van der Waals surface area (Å²) in [5.74, 6) is -0.678. The second-order valence-electron chi connectivity index (χ2n) is 6.54. The molecule has 0 amide bonds. The molecule has 1 aliphatic carbocycles. The van der Waals surface area contributed by atoms with Crippen molar-refractivity contribution in [2.75, 3.05) is 11.9 Å². The highest BCUT2D eigenvalue weighted by atomic mass is 16.6. The molecule has 28 heavy (non-hydrogen) atoms. The maximum atomic E-state index is 13.0. The number of hydrogen-bond donors (Lipinski definition) is 1. The Morgan fingerprint density at radius 2 is 1.61 bits per heavy atom. The maximum Gasteiger partial charge on any atom is 0.270 e. The first-order valence-electron chi connectivity index (χ1n) is 8.85. The monoisotopic (exact) mass is 372 g/mol. The molecule has 1 aliphatic rings. The van der Waals surface area contributed by atoms with Gasteiger partial charge in [0.25, 0.3) is 5.69 Å². The van der Waals surface area contributed by atoms with E-state index in [-0.39, 0.29) is 33.9 Å². The van der Waals surface area contributed by atoms with Crippen molar-refractivity contribution in [2.45, 2.75) is 6.42 Å². The summed E-state index contributed by atoms with van der Waals surface area (Å²) in [6.07, 6.45) is 0.773. The van der Waals surface area contributed by atoms with Crippen molar-refractivity contribution in [3.05, 3.63) is 105 Å². The largest absolute Gasteiger partial charge is 0.384 e. The van der Waals surface area contributed by atoms with Gasteiger partial charge in [-0.05, 0) is 24.1 Å². The third kappa shape index (κ3) is 3.05. The number of rotatable bonds is 5. The molecule has 0 spiro atoms. The SMILES string of the molecule is O=C1c2cc([N+](=O)[O-])ccc2C(=O)c2c(NCCc3ccccc3)cccc21. The van der Waals surface area contributed by atoms with Crippen LogP contribution in [0.5, 0.6) is 0 Å². The summed E-state index contributed by atoms with van der Waals surface area (Å²) in [6, 6.07) is 18.8. The molecule has 3 aromatic rings. The zero-order valence-electron chi connectivity index (χ0n) is 14.8. The summed E-state index contributed by atoms with van der Waals surface area (Å²) >= 11 is 0. The maximum absolute atomic E-state index is 13.0. The molecule has 138 valence electrons. The van der Waals surface area contributed by atoms with Crippen LogP contribution in [0.1, 0.15) is 37.4 Å². The van der Waals surface area contributed by atoms with E-state index in [0.717, 1.165) is 6.42 Å². The van der Waals surface area contributed by atoms with Gasteiger partial charge in [-0.3, -0.25) is 19.7 Å². The molecule has 4 rings (SSSR count). The van der Waals surface area contributed by atoms with Gasteiger partial charge in [0, 0.05) is 41.1 Å². The van der Waals surface area contributed by atoms with E-state index in [1.54, 1.807) is 18.2 Å². The number of fused-ring (bicyclic) bond motifs is 2. The van der Waals surface area contributed by atoms with E-state index in [9.17, 15) is 19.7 Å². The van der Waals surface area contributed by atoms with E-state index in [1.807, 2.05) is 30.3 Å². The molecule has 0 saturated heterocycles. The number of nitro groups is 1. The van der Waals surface area contributed by atoms with Crippen molar-refractivity contribution in [1.29, 1.82) is 0 Å². The fraction of sp³-hybridized carbons (Fsp3) is 0.0909. The lowest BCUT2D eigenvalue weighted by molar-refractivity contribution is -0.384. The number of carbonyl (C=O) groups excluding carboxylic acids is 2. The molecule has 1 N–H and O–H groups in total. The Hall–Kier alpha value is -3.80. The number of nitro benzene ring substituents is 1. The molecule has 0 heterocycles. The average molecular weight is 372 g/mol. The normalized spacial score (nSPS) is 12.3. The first-order chi connectivity index (χ1) is 13.6. The minimum Gasteiger partial charge on any atom is -0.384 e. The molecule has 0 fully saturated rings. The van der Waals surface area contributed by atoms with Crippen LogP contribution < -0.4 is 5.32 Å². The van der Waals surface area contributed by atoms with Crippen LogP contribution in [0.4, 0.5) is 11.4 Å². The summed E-state index contributed by atoms with van der Waals surface area (Å²) in [7, 11) is 0. The quantitative estimate of drug-likeness (QED) is 0.422. The van der Waals surface area contributed by atoms with Crippen molar-refractivity contribution < 1.29 is 14.5 Å². The molecular weight excluding hydrogens is 356 g/mol. The van der Waals surface area contributed by atoms with Crippen LogP contribution in [-0.4, -0.2) is 23.0 Å². The number of carbonyl (C=O) groups is 2. The second kappa shape index (κ2) is 7.08. The molecule has 0 atom stereocenters. The van der Waals surface area contributed by atoms with Gasteiger partial charge in [0.15, 0.2) is 11.6 Å². The Balaban J connectivity index is 1.65. The van der Waals surface area contributed by atoms with Crippen LogP contribution in [0.15, 0.2) is 66.7 Å². The van der Waals surface area contributed by atoms with Crippen LogP contribution >= 0.6 is 0 Å². The van der Waals surface area contributed by atoms with Crippen molar-refractivity contribution in [1.82, 2.24) is 0 Å². The van der Waals surface area contributed by atoms with Gasteiger partial charge in [0.1, 0.15) is 0 Å². The van der Waals surface area contributed by atoms with Gasteiger partial charge < -0.3 is 5.32 Å². The first-order valence-corrected chi connectivity index (χ1v) is 8.85. The second-order valence-corrected chi connectivity index (χ2v) is 6.54. The third-order valence-electron chi connectivity index (χ3n) is 4.81. The van der Waals surface area contributed by atoms with Gasteiger partial charge in [-0.15, -0.1) is 0 Å². The lowest BCUT2D eigenvalue weighted by atomic mass is 9.83. The molecule has 6 nitrogen and oxygen atoms in total. The summed E-state index contributed by atoms with van der Waals surface area (Å²) in [6.45, 7) is 0.606. The Bertz CT molecular complexity index is 1110. The highest BCUT2D eigenvalue weighted by Gasteiger charge is 2.32. The van der Waals surface area contributed by atoms with Crippen molar-refractivity contribution >= 4 is 22.9 Å². The number of benzene rings is 3. The Morgan fingerprint density at radius 3 is 2.36 bits per heavy atom. The van der Waals surface area contributed by atoms with Crippen LogP contribution in [0.25, 0.3) is 0 Å². The number of non-ortho nitro benzene ring substituents is 1. The summed E-state index contributed by atoms with van der Waals surface area (Å²) < 4.78 is 0. The fourth-order valence-corrected chi connectivity index (χ4v) is 3.43. The predicted octanol–water partition coefficient (Wildman–Crippen LogP) is 4.02. The Morgan fingerprint density at radius 1 is 0.821 bits per heavy atom. The van der Waals surface area contributed by atoms with E-state index >= 15 is 0 Å². The molecule has 0 aliphatic heterocycles. The predicted molar refractivity (Wildman–Crippen MR) is 105 cm³/mol. The molecular formula is C22H16N2O4. The molecule has 0 bridgehead atoms. The molecule has 0 radical (unpaired) electrons. The first kappa shape index (κ1) is 17.6. The van der Waals surface area contributed by atoms with E-state index in [4.69, 9.17) is 0 Å². The lowest BCUT2D eigenvalue weighted by Crippen LogP contribution is -2.23. The lowest BCUT2D eigenvalue weighted by Gasteiger charge is -2.20. The molecule has 0 saturated carbocycles. The number of ketones is 2. The average Bonchev–Trinajstić information content (AvgIpc) is 2.72.